The topological polar surface area (TPSA) is 15.3 Å². The van der Waals surface area contributed by atoms with Gasteiger partial charge in [-0.15, -0.1) is 11.3 Å². The minimum atomic E-state index is 0.605. The quantitative estimate of drug-likeness (QED) is 0.885. The first-order chi connectivity index (χ1) is 8.70. The summed E-state index contributed by atoms with van der Waals surface area (Å²) in [6.07, 6.45) is 2.73. The lowest BCUT2D eigenvalue weighted by molar-refractivity contribution is 0.157. The van der Waals surface area contributed by atoms with E-state index in [4.69, 9.17) is 0 Å². The van der Waals surface area contributed by atoms with Gasteiger partial charge in [0, 0.05) is 28.5 Å². The molecule has 0 amide bonds. The fourth-order valence-electron chi connectivity index (χ4n) is 2.66. The molecule has 2 atom stereocenters. The Morgan fingerprint density at radius 2 is 2.44 bits per heavy atom. The molecular weight excluding hydrogens is 308 g/mol. The molecule has 2 rings (SSSR count). The van der Waals surface area contributed by atoms with E-state index in [-0.39, 0.29) is 0 Å². The summed E-state index contributed by atoms with van der Waals surface area (Å²) >= 11 is 5.42. The molecule has 1 fully saturated rings. The van der Waals surface area contributed by atoms with E-state index in [2.05, 4.69) is 51.4 Å². The van der Waals surface area contributed by atoms with Crippen molar-refractivity contribution in [3.63, 3.8) is 0 Å². The second kappa shape index (κ2) is 7.04. The number of rotatable bonds is 5. The molecule has 2 unspecified atom stereocenters. The molecule has 0 spiro atoms. The molecule has 0 saturated carbocycles. The number of thiophene rings is 1. The zero-order valence-electron chi connectivity index (χ0n) is 11.3. The Balaban J connectivity index is 1.80. The molecule has 1 aromatic rings. The minimum absolute atomic E-state index is 0.605. The van der Waals surface area contributed by atoms with E-state index in [1.54, 1.807) is 0 Å². The van der Waals surface area contributed by atoms with Gasteiger partial charge >= 0.3 is 0 Å². The minimum Gasteiger partial charge on any atom is -0.309 e. The first-order valence-corrected chi connectivity index (χ1v) is 8.55. The number of piperidine rings is 1. The first-order valence-electron chi connectivity index (χ1n) is 6.88. The van der Waals surface area contributed by atoms with Crippen LogP contribution in [0.2, 0.25) is 0 Å². The Labute approximate surface area is 123 Å². The number of likely N-dealkylation sites (tertiary alicyclic amines) is 1. The van der Waals surface area contributed by atoms with Crippen molar-refractivity contribution in [1.29, 1.82) is 0 Å². The monoisotopic (exact) mass is 330 g/mol. The Bertz CT molecular complexity index is 366. The largest absolute Gasteiger partial charge is 0.309 e. The van der Waals surface area contributed by atoms with Crippen LogP contribution in [0.1, 0.15) is 31.6 Å². The molecule has 102 valence electrons. The molecule has 2 heterocycles. The van der Waals surface area contributed by atoms with E-state index in [0.29, 0.717) is 6.04 Å². The molecule has 1 aliphatic heterocycles. The number of halogens is 1. The molecular formula is C14H23BrN2S. The SMILES string of the molecule is CCN1CCCC(C(C)NCc2sccc2Br)C1. The summed E-state index contributed by atoms with van der Waals surface area (Å²) in [6.45, 7) is 9.34. The summed E-state index contributed by atoms with van der Waals surface area (Å²) in [4.78, 5) is 3.98. The summed E-state index contributed by atoms with van der Waals surface area (Å²) in [5.41, 5.74) is 0. The van der Waals surface area contributed by atoms with Gasteiger partial charge in [0.25, 0.3) is 0 Å². The Morgan fingerprint density at radius 3 is 3.11 bits per heavy atom. The number of nitrogens with one attached hydrogen (secondary N) is 1. The molecule has 0 aromatic carbocycles. The zero-order valence-corrected chi connectivity index (χ0v) is 13.7. The molecule has 0 bridgehead atoms. The van der Waals surface area contributed by atoms with Gasteiger partial charge < -0.3 is 10.2 Å². The highest BCUT2D eigenvalue weighted by molar-refractivity contribution is 9.10. The highest BCUT2D eigenvalue weighted by atomic mass is 79.9. The maximum absolute atomic E-state index is 3.69. The van der Waals surface area contributed by atoms with Crippen molar-refractivity contribution >= 4 is 27.3 Å². The zero-order chi connectivity index (χ0) is 13.0. The van der Waals surface area contributed by atoms with Crippen LogP contribution in [0.3, 0.4) is 0 Å². The van der Waals surface area contributed by atoms with Gasteiger partial charge in [0.15, 0.2) is 0 Å². The van der Waals surface area contributed by atoms with Crippen LogP contribution >= 0.6 is 27.3 Å². The van der Waals surface area contributed by atoms with Gasteiger partial charge in [0.1, 0.15) is 0 Å². The van der Waals surface area contributed by atoms with Crippen LogP contribution < -0.4 is 5.32 Å². The Hall–Kier alpha value is 0.100. The second-order valence-corrected chi connectivity index (χ2v) is 7.01. The van der Waals surface area contributed by atoms with Crippen LogP contribution in [0.5, 0.6) is 0 Å². The Morgan fingerprint density at radius 1 is 1.61 bits per heavy atom. The fourth-order valence-corrected chi connectivity index (χ4v) is 4.10. The van der Waals surface area contributed by atoms with Crippen LogP contribution in [0.4, 0.5) is 0 Å². The van der Waals surface area contributed by atoms with Crippen LogP contribution in [0.25, 0.3) is 0 Å². The van der Waals surface area contributed by atoms with Crippen LogP contribution in [0.15, 0.2) is 15.9 Å². The lowest BCUT2D eigenvalue weighted by atomic mass is 9.91. The van der Waals surface area contributed by atoms with Gasteiger partial charge in [-0.2, -0.15) is 0 Å². The molecule has 0 aliphatic carbocycles. The average molecular weight is 331 g/mol. The van der Waals surface area contributed by atoms with E-state index in [1.165, 1.54) is 41.8 Å². The molecule has 4 heteroatoms. The van der Waals surface area contributed by atoms with Gasteiger partial charge in [0.2, 0.25) is 0 Å². The summed E-state index contributed by atoms with van der Waals surface area (Å²) in [6, 6.07) is 2.74. The van der Waals surface area contributed by atoms with E-state index in [9.17, 15) is 0 Å². The lowest BCUT2D eigenvalue weighted by Crippen LogP contribution is -2.44. The van der Waals surface area contributed by atoms with Crippen molar-refractivity contribution in [3.8, 4) is 0 Å². The first kappa shape index (κ1) is 14.5. The van der Waals surface area contributed by atoms with Gasteiger partial charge in [-0.25, -0.2) is 0 Å². The van der Waals surface area contributed by atoms with Crippen LogP contribution in [-0.2, 0) is 6.54 Å². The van der Waals surface area contributed by atoms with E-state index in [0.717, 1.165) is 12.5 Å². The average Bonchev–Trinajstić information content (AvgIpc) is 2.81. The maximum atomic E-state index is 3.69. The molecule has 1 aliphatic rings. The molecule has 1 aromatic heterocycles. The Kier molecular flexibility index (Phi) is 5.67. The van der Waals surface area contributed by atoms with Gasteiger partial charge in [-0.3, -0.25) is 0 Å². The van der Waals surface area contributed by atoms with Crippen molar-refractivity contribution < 1.29 is 0 Å². The molecule has 1 N–H and O–H groups in total. The smallest absolute Gasteiger partial charge is 0.0327 e. The number of nitrogens with zero attached hydrogens (tertiary/aromatic N) is 1. The third-order valence-corrected chi connectivity index (χ3v) is 5.90. The highest BCUT2D eigenvalue weighted by Crippen LogP contribution is 2.24. The van der Waals surface area contributed by atoms with Gasteiger partial charge in [0.05, 0.1) is 0 Å². The van der Waals surface area contributed by atoms with E-state index < -0.39 is 0 Å². The molecule has 2 nitrogen and oxygen atoms in total. The van der Waals surface area contributed by atoms with Crippen LogP contribution in [0, 0.1) is 5.92 Å². The summed E-state index contributed by atoms with van der Waals surface area (Å²) in [7, 11) is 0. The third-order valence-electron chi connectivity index (χ3n) is 3.97. The van der Waals surface area contributed by atoms with Crippen molar-refractivity contribution in [2.45, 2.75) is 39.3 Å². The van der Waals surface area contributed by atoms with E-state index >= 15 is 0 Å². The van der Waals surface area contributed by atoms with Crippen molar-refractivity contribution in [1.82, 2.24) is 10.2 Å². The van der Waals surface area contributed by atoms with Crippen molar-refractivity contribution in [2.24, 2.45) is 5.92 Å². The number of hydrogen-bond donors (Lipinski definition) is 1. The molecule has 0 radical (unpaired) electrons. The van der Waals surface area contributed by atoms with Crippen molar-refractivity contribution in [3.05, 3.63) is 20.8 Å². The third kappa shape index (κ3) is 3.80. The molecule has 1 saturated heterocycles. The normalized spacial score (nSPS) is 23.2. The summed E-state index contributed by atoms with van der Waals surface area (Å²) < 4.78 is 1.24. The lowest BCUT2D eigenvalue weighted by Gasteiger charge is -2.35. The van der Waals surface area contributed by atoms with Gasteiger partial charge in [-0.1, -0.05) is 6.92 Å². The molecule has 18 heavy (non-hydrogen) atoms. The van der Waals surface area contributed by atoms with E-state index in [1.807, 2.05) is 11.3 Å². The summed E-state index contributed by atoms with van der Waals surface area (Å²) in [5.74, 6) is 0.803. The predicted molar refractivity (Wildman–Crippen MR) is 83.2 cm³/mol. The van der Waals surface area contributed by atoms with Gasteiger partial charge in [-0.05, 0) is 66.1 Å². The summed E-state index contributed by atoms with van der Waals surface area (Å²) in [5, 5.41) is 5.84. The standard InChI is InChI=1S/C14H23BrN2S/c1-3-17-7-4-5-12(10-17)11(2)16-9-14-13(15)6-8-18-14/h6,8,11-12,16H,3-5,7,9-10H2,1-2H3. The fraction of sp³-hybridized carbons (Fsp3) is 0.714. The number of hydrogen-bond acceptors (Lipinski definition) is 3. The van der Waals surface area contributed by atoms with Crippen LogP contribution in [-0.4, -0.2) is 30.6 Å². The maximum Gasteiger partial charge on any atom is 0.0327 e. The van der Waals surface area contributed by atoms with Crippen molar-refractivity contribution in [2.75, 3.05) is 19.6 Å². The highest BCUT2D eigenvalue weighted by Gasteiger charge is 2.23. The predicted octanol–water partition coefficient (Wildman–Crippen LogP) is 3.72. The second-order valence-electron chi connectivity index (χ2n) is 5.16.